The number of hydrogen-bond donors (Lipinski definition) is 2. The summed E-state index contributed by atoms with van der Waals surface area (Å²) >= 11 is 0. The van der Waals surface area contributed by atoms with Crippen LogP contribution in [0.5, 0.6) is 0 Å². The molecule has 162 valence electrons. The largest absolute Gasteiger partial charge is 0.339 e. The van der Waals surface area contributed by atoms with Gasteiger partial charge in [0.2, 0.25) is 0 Å². The fourth-order valence-corrected chi connectivity index (χ4v) is 3.79. The van der Waals surface area contributed by atoms with E-state index >= 15 is 0 Å². The molecule has 0 saturated carbocycles. The minimum Gasteiger partial charge on any atom is -0.318 e. The van der Waals surface area contributed by atoms with Gasteiger partial charge in [-0.25, -0.2) is 10.2 Å². The maximum absolute atomic E-state index is 12.2. The normalized spacial score (nSPS) is 11.7. The molecular weight excluding hydrogens is 384 g/mol. The van der Waals surface area contributed by atoms with Crippen molar-refractivity contribution in [3.8, 4) is 5.69 Å². The van der Waals surface area contributed by atoms with E-state index < -0.39 is 0 Å². The fourth-order valence-electron chi connectivity index (χ4n) is 3.79. The first-order valence-electron chi connectivity index (χ1n) is 10.5. The van der Waals surface area contributed by atoms with Crippen LogP contribution in [0.1, 0.15) is 54.4 Å². The smallest absolute Gasteiger partial charge is 0.318 e. The summed E-state index contributed by atoms with van der Waals surface area (Å²) in [5.74, 6) is 0. The molecule has 1 aromatic heterocycles. The van der Waals surface area contributed by atoms with Gasteiger partial charge in [0.25, 0.3) is 0 Å². The predicted octanol–water partition coefficient (Wildman–Crippen LogP) is 6.16. The van der Waals surface area contributed by atoms with E-state index in [0.29, 0.717) is 0 Å². The molecule has 3 aromatic rings. The molecule has 0 saturated heterocycles. The maximum atomic E-state index is 12.2. The highest BCUT2D eigenvalue weighted by molar-refractivity contribution is 5.90. The number of nitrogens with one attached hydrogen (secondary N) is 2. The lowest BCUT2D eigenvalue weighted by atomic mass is 9.87. The average molecular weight is 417 g/mol. The van der Waals surface area contributed by atoms with Gasteiger partial charge in [0.05, 0.1) is 6.21 Å². The molecule has 0 spiro atoms. The van der Waals surface area contributed by atoms with Crippen molar-refractivity contribution >= 4 is 17.9 Å². The van der Waals surface area contributed by atoms with Gasteiger partial charge in [0, 0.05) is 28.3 Å². The Labute approximate surface area is 185 Å². The molecule has 0 fully saturated rings. The molecule has 0 aliphatic heterocycles. The van der Waals surface area contributed by atoms with Crippen LogP contribution in [-0.4, -0.2) is 16.8 Å². The third kappa shape index (κ3) is 5.43. The molecule has 2 amide bonds. The van der Waals surface area contributed by atoms with Gasteiger partial charge in [-0.3, -0.25) is 0 Å². The number of urea groups is 1. The van der Waals surface area contributed by atoms with Crippen molar-refractivity contribution in [1.82, 2.24) is 9.99 Å². The van der Waals surface area contributed by atoms with Crippen molar-refractivity contribution in [1.29, 1.82) is 0 Å². The Kier molecular flexibility index (Phi) is 6.34. The topological polar surface area (TPSA) is 58.4 Å². The first-order chi connectivity index (χ1) is 14.5. The molecule has 0 aliphatic rings. The third-order valence-electron chi connectivity index (χ3n) is 5.31. The Hall–Kier alpha value is -3.34. The van der Waals surface area contributed by atoms with Gasteiger partial charge in [-0.1, -0.05) is 39.0 Å². The molecule has 31 heavy (non-hydrogen) atoms. The summed E-state index contributed by atoms with van der Waals surface area (Å²) < 4.78 is 2.20. The van der Waals surface area contributed by atoms with E-state index in [4.69, 9.17) is 0 Å². The van der Waals surface area contributed by atoms with Crippen LogP contribution in [0.3, 0.4) is 0 Å². The van der Waals surface area contributed by atoms with Gasteiger partial charge < -0.3 is 9.88 Å². The number of carbonyl (C=O) groups excluding carboxylic acids is 1. The van der Waals surface area contributed by atoms with E-state index in [1.54, 1.807) is 6.21 Å². The Balaban J connectivity index is 1.71. The molecule has 0 bridgehead atoms. The molecule has 0 unspecified atom stereocenters. The van der Waals surface area contributed by atoms with Gasteiger partial charge in [-0.2, -0.15) is 5.10 Å². The average Bonchev–Trinajstić information content (AvgIpc) is 2.93. The van der Waals surface area contributed by atoms with Crippen LogP contribution < -0.4 is 10.7 Å². The molecule has 2 aromatic carbocycles. The maximum Gasteiger partial charge on any atom is 0.339 e. The van der Waals surface area contributed by atoms with Crippen molar-refractivity contribution < 1.29 is 4.79 Å². The minimum atomic E-state index is -0.368. The van der Waals surface area contributed by atoms with Gasteiger partial charge in [-0.05, 0) is 80.1 Å². The number of benzene rings is 2. The lowest BCUT2D eigenvalue weighted by Gasteiger charge is -2.20. The molecule has 1 heterocycles. The highest BCUT2D eigenvalue weighted by atomic mass is 16.2. The SMILES string of the molecule is Cc1cc(C)cc(NC(=O)N/N=C/c2cc(C)n(-c3ccc(C(C)(C)C)cc3)c2C)c1. The number of amides is 2. The van der Waals surface area contributed by atoms with Crippen LogP contribution in [0.25, 0.3) is 5.69 Å². The first-order valence-corrected chi connectivity index (χ1v) is 10.5. The number of aromatic nitrogens is 1. The van der Waals surface area contributed by atoms with Gasteiger partial charge in [-0.15, -0.1) is 0 Å². The zero-order valence-corrected chi connectivity index (χ0v) is 19.5. The molecule has 5 heteroatoms. The van der Waals surface area contributed by atoms with E-state index in [1.165, 1.54) is 5.56 Å². The molecule has 5 nitrogen and oxygen atoms in total. The standard InChI is InChI=1S/C26H32N4O/c1-17-12-18(2)14-23(13-17)28-25(31)29-27-16-21-15-19(3)30(20(21)4)24-10-8-22(9-11-24)26(5,6)7/h8-16H,1-7H3,(H2,28,29,31)/b27-16+. The van der Waals surface area contributed by atoms with Crippen LogP contribution >= 0.6 is 0 Å². The van der Waals surface area contributed by atoms with Crippen LogP contribution in [-0.2, 0) is 5.41 Å². The highest BCUT2D eigenvalue weighted by Crippen LogP contribution is 2.25. The summed E-state index contributed by atoms with van der Waals surface area (Å²) in [5, 5.41) is 6.95. The molecule has 2 N–H and O–H groups in total. The second-order valence-electron chi connectivity index (χ2n) is 9.16. The van der Waals surface area contributed by atoms with Crippen molar-refractivity contribution in [3.05, 3.63) is 82.2 Å². The quantitative estimate of drug-likeness (QED) is 0.388. The predicted molar refractivity (Wildman–Crippen MR) is 130 cm³/mol. The van der Waals surface area contributed by atoms with Gasteiger partial charge in [0.15, 0.2) is 0 Å². The summed E-state index contributed by atoms with van der Waals surface area (Å²) in [5.41, 5.74) is 11.2. The second-order valence-corrected chi connectivity index (χ2v) is 9.16. The number of hydrazone groups is 1. The fraction of sp³-hybridized carbons (Fsp3) is 0.308. The number of nitrogens with zero attached hydrogens (tertiary/aromatic N) is 2. The number of aryl methyl sites for hydroxylation is 3. The molecule has 0 aliphatic carbocycles. The number of rotatable bonds is 4. The van der Waals surface area contributed by atoms with E-state index in [-0.39, 0.29) is 11.4 Å². The lowest BCUT2D eigenvalue weighted by molar-refractivity contribution is 0.252. The number of anilines is 1. The zero-order chi connectivity index (χ0) is 22.8. The van der Waals surface area contributed by atoms with Crippen LogP contribution in [0, 0.1) is 27.7 Å². The second kappa shape index (κ2) is 8.80. The van der Waals surface area contributed by atoms with Crippen molar-refractivity contribution in [2.45, 2.75) is 53.9 Å². The van der Waals surface area contributed by atoms with Gasteiger partial charge >= 0.3 is 6.03 Å². The first kappa shape index (κ1) is 22.3. The van der Waals surface area contributed by atoms with E-state index in [9.17, 15) is 4.79 Å². The molecule has 0 radical (unpaired) electrons. The Morgan fingerprint density at radius 2 is 1.55 bits per heavy atom. The monoisotopic (exact) mass is 416 g/mol. The van der Waals surface area contributed by atoms with Gasteiger partial charge in [0.1, 0.15) is 0 Å². The summed E-state index contributed by atoms with van der Waals surface area (Å²) in [6.45, 7) is 14.8. The zero-order valence-electron chi connectivity index (χ0n) is 19.5. The van der Waals surface area contributed by atoms with Crippen molar-refractivity contribution in [2.24, 2.45) is 5.10 Å². The highest BCUT2D eigenvalue weighted by Gasteiger charge is 2.14. The van der Waals surface area contributed by atoms with Crippen LogP contribution in [0.4, 0.5) is 10.5 Å². The summed E-state index contributed by atoms with van der Waals surface area (Å²) in [6, 6.07) is 16.3. The van der Waals surface area contributed by atoms with Crippen molar-refractivity contribution in [3.63, 3.8) is 0 Å². The Bertz CT molecular complexity index is 1100. The van der Waals surface area contributed by atoms with E-state index in [2.05, 4.69) is 91.4 Å². The molecular formula is C26H32N4O. The van der Waals surface area contributed by atoms with Crippen LogP contribution in [0.15, 0.2) is 53.6 Å². The van der Waals surface area contributed by atoms with Crippen molar-refractivity contribution in [2.75, 3.05) is 5.32 Å². The van der Waals surface area contributed by atoms with E-state index in [0.717, 1.165) is 39.5 Å². The number of carbonyl (C=O) groups is 1. The summed E-state index contributed by atoms with van der Waals surface area (Å²) in [7, 11) is 0. The summed E-state index contributed by atoms with van der Waals surface area (Å²) in [6.07, 6.45) is 1.68. The van der Waals surface area contributed by atoms with E-state index in [1.807, 2.05) is 26.0 Å². The van der Waals surface area contributed by atoms with Crippen LogP contribution in [0.2, 0.25) is 0 Å². The molecule has 3 rings (SSSR count). The lowest BCUT2D eigenvalue weighted by Crippen LogP contribution is -2.24. The number of hydrogen-bond acceptors (Lipinski definition) is 2. The Morgan fingerprint density at radius 1 is 0.935 bits per heavy atom. The minimum absolute atomic E-state index is 0.126. The third-order valence-corrected chi connectivity index (χ3v) is 5.31. The molecule has 0 atom stereocenters. The Morgan fingerprint density at radius 3 is 2.13 bits per heavy atom. The summed E-state index contributed by atoms with van der Waals surface area (Å²) in [4.78, 5) is 12.2.